The molecule has 2 aromatic carbocycles. The summed E-state index contributed by atoms with van der Waals surface area (Å²) in [6, 6.07) is 8.52. The number of amides is 1. The summed E-state index contributed by atoms with van der Waals surface area (Å²) in [5, 5.41) is 12.6. The number of anilines is 1. The Labute approximate surface area is 163 Å². The van der Waals surface area contributed by atoms with Gasteiger partial charge in [0.1, 0.15) is 17.2 Å². The summed E-state index contributed by atoms with van der Waals surface area (Å²) in [6.07, 6.45) is 1.64. The van der Waals surface area contributed by atoms with E-state index in [0.29, 0.717) is 18.8 Å². The zero-order valence-corrected chi connectivity index (χ0v) is 16.5. The van der Waals surface area contributed by atoms with Gasteiger partial charge < -0.3 is 19.9 Å². The summed E-state index contributed by atoms with van der Waals surface area (Å²) in [4.78, 5) is 12.7. The first-order chi connectivity index (χ1) is 13.4. The van der Waals surface area contributed by atoms with Crippen LogP contribution >= 0.6 is 0 Å². The molecule has 0 aromatic heterocycles. The number of carbonyl (C=O) groups excluding carboxylic acids is 1. The molecule has 150 valence electrons. The Morgan fingerprint density at radius 3 is 2.43 bits per heavy atom. The third-order valence-corrected chi connectivity index (χ3v) is 6.47. The van der Waals surface area contributed by atoms with Crippen LogP contribution in [0.3, 0.4) is 0 Å². The highest BCUT2D eigenvalue weighted by atomic mass is 32.2. The van der Waals surface area contributed by atoms with Crippen LogP contribution in [0.25, 0.3) is 0 Å². The summed E-state index contributed by atoms with van der Waals surface area (Å²) in [6.45, 7) is 0.932. The molecule has 0 bridgehead atoms. The van der Waals surface area contributed by atoms with Crippen LogP contribution in [-0.2, 0) is 10.0 Å². The molecule has 1 saturated heterocycles. The third kappa shape index (κ3) is 3.90. The fraction of sp³-hybridized carbons (Fsp3) is 0.316. The average Bonchev–Trinajstić information content (AvgIpc) is 3.24. The van der Waals surface area contributed by atoms with Gasteiger partial charge in [-0.25, -0.2) is 8.42 Å². The second-order valence-corrected chi connectivity index (χ2v) is 8.25. The number of nitrogens with zero attached hydrogens (tertiary/aromatic N) is 1. The minimum atomic E-state index is -3.67. The Hall–Kier alpha value is -2.78. The maximum Gasteiger partial charge on any atom is 0.259 e. The van der Waals surface area contributed by atoms with Crippen molar-refractivity contribution in [2.75, 3.05) is 32.6 Å². The van der Waals surface area contributed by atoms with E-state index in [-0.39, 0.29) is 27.6 Å². The number of hydrogen-bond donors (Lipinski definition) is 2. The highest BCUT2D eigenvalue weighted by molar-refractivity contribution is 7.89. The van der Waals surface area contributed by atoms with Crippen LogP contribution in [0.2, 0.25) is 0 Å². The van der Waals surface area contributed by atoms with E-state index in [2.05, 4.69) is 5.32 Å². The van der Waals surface area contributed by atoms with Gasteiger partial charge in [-0.05, 0) is 43.2 Å². The van der Waals surface area contributed by atoms with Gasteiger partial charge in [0.2, 0.25) is 10.0 Å². The molecule has 1 fully saturated rings. The minimum Gasteiger partial charge on any atom is -0.506 e. The maximum absolute atomic E-state index is 12.7. The van der Waals surface area contributed by atoms with Crippen molar-refractivity contribution in [3.05, 3.63) is 42.0 Å². The molecule has 0 aliphatic carbocycles. The normalized spacial score (nSPS) is 14.6. The second-order valence-electron chi connectivity index (χ2n) is 6.31. The van der Waals surface area contributed by atoms with Crippen LogP contribution < -0.4 is 14.8 Å². The molecular weight excluding hydrogens is 384 g/mol. The lowest BCUT2D eigenvalue weighted by atomic mass is 10.1. The molecule has 2 aromatic rings. The molecule has 2 N–H and O–H groups in total. The van der Waals surface area contributed by atoms with Crippen LogP contribution in [0.15, 0.2) is 41.3 Å². The van der Waals surface area contributed by atoms with Crippen molar-refractivity contribution in [1.29, 1.82) is 0 Å². The predicted molar refractivity (Wildman–Crippen MR) is 104 cm³/mol. The number of phenols is 1. The Balaban J connectivity index is 1.89. The van der Waals surface area contributed by atoms with Crippen LogP contribution in [0.1, 0.15) is 23.2 Å². The lowest BCUT2D eigenvalue weighted by Crippen LogP contribution is -2.28. The average molecular weight is 406 g/mol. The number of ether oxygens (including phenoxy) is 2. The molecule has 9 heteroatoms. The Kier molecular flexibility index (Phi) is 5.76. The van der Waals surface area contributed by atoms with E-state index < -0.39 is 15.9 Å². The number of aromatic hydroxyl groups is 1. The van der Waals surface area contributed by atoms with Gasteiger partial charge in [-0.15, -0.1) is 0 Å². The van der Waals surface area contributed by atoms with E-state index in [9.17, 15) is 18.3 Å². The molecule has 8 nitrogen and oxygen atoms in total. The smallest absolute Gasteiger partial charge is 0.259 e. The number of benzene rings is 2. The van der Waals surface area contributed by atoms with Gasteiger partial charge in [0.15, 0.2) is 0 Å². The molecule has 0 radical (unpaired) electrons. The van der Waals surface area contributed by atoms with E-state index in [0.717, 1.165) is 12.8 Å². The number of sulfonamides is 1. The standard InChI is InChI=1S/C19H22N2O6S/c1-26-13-5-7-15(18(11-13)27-2)19(23)20-16-12-14(6-8-17(16)22)28(24,25)21-9-3-4-10-21/h5-8,11-12,22H,3-4,9-10H2,1-2H3,(H,20,23). The molecular formula is C19H22N2O6S. The van der Waals surface area contributed by atoms with Gasteiger partial charge in [-0.3, -0.25) is 4.79 Å². The summed E-state index contributed by atoms with van der Waals surface area (Å²) in [5.74, 6) is 0.0267. The monoisotopic (exact) mass is 406 g/mol. The van der Waals surface area contributed by atoms with Crippen LogP contribution in [-0.4, -0.2) is 51.0 Å². The van der Waals surface area contributed by atoms with Gasteiger partial charge in [-0.1, -0.05) is 0 Å². The van der Waals surface area contributed by atoms with Crippen LogP contribution in [0, 0.1) is 0 Å². The Bertz CT molecular complexity index is 984. The molecule has 1 heterocycles. The fourth-order valence-electron chi connectivity index (χ4n) is 3.03. The molecule has 1 aliphatic heterocycles. The van der Waals surface area contributed by atoms with Crippen molar-refractivity contribution >= 4 is 21.6 Å². The minimum absolute atomic E-state index is 0.00291. The highest BCUT2D eigenvalue weighted by Gasteiger charge is 2.28. The fourth-order valence-corrected chi connectivity index (χ4v) is 4.57. The molecule has 0 atom stereocenters. The molecule has 28 heavy (non-hydrogen) atoms. The van der Waals surface area contributed by atoms with E-state index in [1.54, 1.807) is 12.1 Å². The zero-order chi connectivity index (χ0) is 20.3. The topological polar surface area (TPSA) is 105 Å². The van der Waals surface area contributed by atoms with Crippen LogP contribution in [0.5, 0.6) is 17.2 Å². The summed E-state index contributed by atoms with van der Waals surface area (Å²) in [7, 11) is -0.749. The number of phenolic OH excluding ortho intramolecular Hbond substituents is 1. The van der Waals surface area contributed by atoms with E-state index in [1.807, 2.05) is 0 Å². The lowest BCUT2D eigenvalue weighted by molar-refractivity contribution is 0.102. The number of carbonyl (C=O) groups is 1. The lowest BCUT2D eigenvalue weighted by Gasteiger charge is -2.17. The molecule has 0 saturated carbocycles. The van der Waals surface area contributed by atoms with Crippen molar-refractivity contribution in [3.8, 4) is 17.2 Å². The molecule has 1 aliphatic rings. The molecule has 3 rings (SSSR count). The van der Waals surface area contributed by atoms with Gasteiger partial charge in [-0.2, -0.15) is 4.31 Å². The van der Waals surface area contributed by atoms with Gasteiger partial charge in [0, 0.05) is 19.2 Å². The van der Waals surface area contributed by atoms with Crippen molar-refractivity contribution < 1.29 is 27.8 Å². The number of hydrogen-bond acceptors (Lipinski definition) is 6. The summed E-state index contributed by atoms with van der Waals surface area (Å²) < 4.78 is 37.2. The highest BCUT2D eigenvalue weighted by Crippen LogP contribution is 2.31. The SMILES string of the molecule is COc1ccc(C(=O)Nc2cc(S(=O)(=O)N3CCCC3)ccc2O)c(OC)c1. The number of rotatable bonds is 6. The molecule has 0 unspecified atom stereocenters. The van der Waals surface area contributed by atoms with Gasteiger partial charge in [0.05, 0.1) is 30.4 Å². The summed E-state index contributed by atoms with van der Waals surface area (Å²) >= 11 is 0. The second kappa shape index (κ2) is 8.07. The van der Waals surface area contributed by atoms with Crippen LogP contribution in [0.4, 0.5) is 5.69 Å². The predicted octanol–water partition coefficient (Wildman–Crippen LogP) is 2.45. The largest absolute Gasteiger partial charge is 0.506 e. The van der Waals surface area contributed by atoms with Crippen molar-refractivity contribution in [3.63, 3.8) is 0 Å². The third-order valence-electron chi connectivity index (χ3n) is 4.57. The first kappa shape index (κ1) is 20.0. The first-order valence-corrected chi connectivity index (χ1v) is 10.2. The van der Waals surface area contributed by atoms with Crippen molar-refractivity contribution in [2.24, 2.45) is 0 Å². The van der Waals surface area contributed by atoms with Gasteiger partial charge in [0.25, 0.3) is 5.91 Å². The summed E-state index contributed by atoms with van der Waals surface area (Å²) in [5.41, 5.74) is 0.221. The number of methoxy groups -OCH3 is 2. The van der Waals surface area contributed by atoms with Crippen molar-refractivity contribution in [2.45, 2.75) is 17.7 Å². The van der Waals surface area contributed by atoms with Crippen molar-refractivity contribution in [1.82, 2.24) is 4.31 Å². The van der Waals surface area contributed by atoms with E-state index in [1.165, 1.54) is 42.8 Å². The van der Waals surface area contributed by atoms with E-state index in [4.69, 9.17) is 9.47 Å². The zero-order valence-electron chi connectivity index (χ0n) is 15.6. The quantitative estimate of drug-likeness (QED) is 0.714. The maximum atomic E-state index is 12.7. The van der Waals surface area contributed by atoms with Gasteiger partial charge >= 0.3 is 0 Å². The molecule has 0 spiro atoms. The Morgan fingerprint density at radius 1 is 1.07 bits per heavy atom. The number of nitrogens with one attached hydrogen (secondary N) is 1. The van der Waals surface area contributed by atoms with E-state index >= 15 is 0 Å². The molecule has 1 amide bonds. The Morgan fingerprint density at radius 2 is 1.79 bits per heavy atom. The first-order valence-electron chi connectivity index (χ1n) is 8.73.